The van der Waals surface area contributed by atoms with E-state index in [0.717, 1.165) is 45.1 Å². The van der Waals surface area contributed by atoms with Crippen molar-refractivity contribution in [1.29, 1.82) is 0 Å². The molecular formula is C31H32N4O3S. The molecule has 200 valence electrons. The molecule has 0 aliphatic carbocycles. The standard InChI is InChI=1S/C31H32N4O3S/c1-39(36,37)18-16-32-19-24-7-11-28(12-8-24)35-17-15-26-20-33-21-31(30(26)22-35)34-27-9-13-29(14-10-27)38-23-25-5-3-2-4-6-25/h2-15,17,20-22,32-34H,16,18-19,23H2,1H3. The monoisotopic (exact) mass is 540 g/mol. The van der Waals surface area contributed by atoms with Gasteiger partial charge < -0.3 is 25.6 Å². The van der Waals surface area contributed by atoms with E-state index in [-0.39, 0.29) is 5.75 Å². The number of dihydropyridines is 1. The molecule has 2 aliphatic rings. The minimum Gasteiger partial charge on any atom is -0.489 e. The lowest BCUT2D eigenvalue weighted by atomic mass is 10.00. The smallest absolute Gasteiger partial charge is 0.148 e. The molecule has 0 saturated heterocycles. The molecule has 2 aliphatic heterocycles. The van der Waals surface area contributed by atoms with Gasteiger partial charge in [0, 0.05) is 66.7 Å². The largest absolute Gasteiger partial charge is 0.489 e. The van der Waals surface area contributed by atoms with Crippen LogP contribution < -0.4 is 25.6 Å². The van der Waals surface area contributed by atoms with Gasteiger partial charge in [0.15, 0.2) is 0 Å². The van der Waals surface area contributed by atoms with Gasteiger partial charge in [-0.1, -0.05) is 42.5 Å². The fourth-order valence-electron chi connectivity index (χ4n) is 4.22. The van der Waals surface area contributed by atoms with Crippen LogP contribution in [0.1, 0.15) is 11.1 Å². The Morgan fingerprint density at radius 2 is 1.67 bits per heavy atom. The van der Waals surface area contributed by atoms with Crippen molar-refractivity contribution in [2.45, 2.75) is 13.2 Å². The van der Waals surface area contributed by atoms with E-state index >= 15 is 0 Å². The highest BCUT2D eigenvalue weighted by Gasteiger charge is 2.18. The second-order valence-electron chi connectivity index (χ2n) is 9.49. The Morgan fingerprint density at radius 1 is 0.897 bits per heavy atom. The quantitative estimate of drug-likeness (QED) is 0.293. The van der Waals surface area contributed by atoms with Gasteiger partial charge in [-0.25, -0.2) is 8.42 Å². The van der Waals surface area contributed by atoms with Crippen molar-refractivity contribution in [3.05, 3.63) is 138 Å². The first kappa shape index (κ1) is 26.3. The Balaban J connectivity index is 1.20. The fourth-order valence-corrected chi connectivity index (χ4v) is 4.74. The SMILES string of the molecule is CS(=O)(=O)CCNCc1ccc(N2C=CC3=CNC=C(Nc4ccc(OCc5ccccc5)cc4)C3=C2)cc1. The van der Waals surface area contributed by atoms with Gasteiger partial charge in [-0.2, -0.15) is 0 Å². The maximum absolute atomic E-state index is 11.3. The van der Waals surface area contributed by atoms with Crippen molar-refractivity contribution in [1.82, 2.24) is 10.6 Å². The predicted octanol–water partition coefficient (Wildman–Crippen LogP) is 5.06. The van der Waals surface area contributed by atoms with Gasteiger partial charge >= 0.3 is 0 Å². The molecule has 0 fully saturated rings. The number of fused-ring (bicyclic) bond motifs is 1. The summed E-state index contributed by atoms with van der Waals surface area (Å²) in [4.78, 5) is 2.09. The van der Waals surface area contributed by atoms with Crippen molar-refractivity contribution >= 4 is 21.2 Å². The van der Waals surface area contributed by atoms with E-state index in [1.165, 1.54) is 6.26 Å². The Morgan fingerprint density at radius 3 is 2.41 bits per heavy atom. The van der Waals surface area contributed by atoms with Crippen LogP contribution >= 0.6 is 0 Å². The van der Waals surface area contributed by atoms with E-state index in [1.54, 1.807) is 0 Å². The Hall–Kier alpha value is -4.27. The third-order valence-corrected chi connectivity index (χ3v) is 7.29. The molecule has 0 atom stereocenters. The molecule has 0 saturated carbocycles. The van der Waals surface area contributed by atoms with Gasteiger partial charge in [-0.05, 0) is 53.6 Å². The number of ether oxygens (including phenoxy) is 1. The van der Waals surface area contributed by atoms with Gasteiger partial charge in [-0.3, -0.25) is 0 Å². The van der Waals surface area contributed by atoms with Crippen LogP contribution in [0.3, 0.4) is 0 Å². The Bertz CT molecular complexity index is 1510. The number of nitrogens with zero attached hydrogens (tertiary/aromatic N) is 1. The van der Waals surface area contributed by atoms with Crippen molar-refractivity contribution in [3.8, 4) is 5.75 Å². The molecule has 7 nitrogen and oxygen atoms in total. The summed E-state index contributed by atoms with van der Waals surface area (Å²) < 4.78 is 28.5. The zero-order chi connectivity index (χ0) is 27.1. The number of allylic oxidation sites excluding steroid dienone is 2. The van der Waals surface area contributed by atoms with Crippen LogP contribution in [0.2, 0.25) is 0 Å². The lowest BCUT2D eigenvalue weighted by Crippen LogP contribution is -2.22. The second-order valence-corrected chi connectivity index (χ2v) is 11.7. The van der Waals surface area contributed by atoms with Gasteiger partial charge in [0.05, 0.1) is 11.4 Å². The van der Waals surface area contributed by atoms with Crippen LogP contribution in [0.4, 0.5) is 11.4 Å². The number of anilines is 2. The van der Waals surface area contributed by atoms with Crippen molar-refractivity contribution in [2.24, 2.45) is 0 Å². The summed E-state index contributed by atoms with van der Waals surface area (Å²) in [7, 11) is -2.96. The molecule has 8 heteroatoms. The summed E-state index contributed by atoms with van der Waals surface area (Å²) in [6, 6.07) is 26.3. The molecule has 39 heavy (non-hydrogen) atoms. The van der Waals surface area contributed by atoms with Crippen LogP contribution in [0, 0.1) is 0 Å². The molecule has 0 spiro atoms. The maximum atomic E-state index is 11.3. The zero-order valence-corrected chi connectivity index (χ0v) is 22.6. The van der Waals surface area contributed by atoms with Crippen molar-refractivity contribution in [2.75, 3.05) is 28.8 Å². The molecule has 3 N–H and O–H groups in total. The molecule has 0 amide bonds. The minimum absolute atomic E-state index is 0.137. The molecule has 0 unspecified atom stereocenters. The summed E-state index contributed by atoms with van der Waals surface area (Å²) in [5.41, 5.74) is 7.36. The Kier molecular flexibility index (Phi) is 8.15. The summed E-state index contributed by atoms with van der Waals surface area (Å²) in [6.07, 6.45) is 11.4. The first-order valence-corrected chi connectivity index (χ1v) is 14.9. The predicted molar refractivity (Wildman–Crippen MR) is 158 cm³/mol. The molecule has 5 rings (SSSR count). The van der Waals surface area contributed by atoms with E-state index in [1.807, 2.05) is 61.1 Å². The van der Waals surface area contributed by atoms with Gasteiger partial charge in [0.2, 0.25) is 0 Å². The lowest BCUT2D eigenvalue weighted by Gasteiger charge is -2.27. The van der Waals surface area contributed by atoms with E-state index < -0.39 is 9.84 Å². The number of sulfone groups is 1. The van der Waals surface area contributed by atoms with Crippen LogP contribution in [0.25, 0.3) is 0 Å². The average Bonchev–Trinajstić information content (AvgIpc) is 2.95. The summed E-state index contributed by atoms with van der Waals surface area (Å²) >= 11 is 0. The highest BCUT2D eigenvalue weighted by molar-refractivity contribution is 7.90. The first-order chi connectivity index (χ1) is 18.9. The zero-order valence-electron chi connectivity index (χ0n) is 21.8. The number of hydrogen-bond acceptors (Lipinski definition) is 7. The van der Waals surface area contributed by atoms with E-state index in [2.05, 4.69) is 69.5 Å². The topological polar surface area (TPSA) is 82.7 Å². The molecule has 3 aromatic carbocycles. The molecule has 3 aromatic rings. The highest BCUT2D eigenvalue weighted by Crippen LogP contribution is 2.31. The molecular weight excluding hydrogens is 508 g/mol. The normalized spacial score (nSPS) is 14.5. The number of benzene rings is 3. The third kappa shape index (κ3) is 7.40. The van der Waals surface area contributed by atoms with Crippen LogP contribution in [-0.4, -0.2) is 27.0 Å². The fraction of sp³-hybridized carbons (Fsp3) is 0.161. The van der Waals surface area contributed by atoms with Gasteiger partial charge in [0.25, 0.3) is 0 Å². The van der Waals surface area contributed by atoms with E-state index in [9.17, 15) is 8.42 Å². The summed E-state index contributed by atoms with van der Waals surface area (Å²) in [5.74, 6) is 0.957. The first-order valence-electron chi connectivity index (χ1n) is 12.8. The van der Waals surface area contributed by atoms with Crippen LogP contribution in [-0.2, 0) is 23.0 Å². The van der Waals surface area contributed by atoms with E-state index in [4.69, 9.17) is 4.74 Å². The summed E-state index contributed by atoms with van der Waals surface area (Å²) in [5, 5.41) is 9.94. The van der Waals surface area contributed by atoms with Crippen LogP contribution in [0.15, 0.2) is 127 Å². The van der Waals surface area contributed by atoms with Crippen molar-refractivity contribution < 1.29 is 13.2 Å². The van der Waals surface area contributed by atoms with Gasteiger partial charge in [-0.15, -0.1) is 0 Å². The lowest BCUT2D eigenvalue weighted by molar-refractivity contribution is 0.306. The number of hydrogen-bond donors (Lipinski definition) is 3. The molecule has 0 aromatic heterocycles. The molecule has 0 radical (unpaired) electrons. The maximum Gasteiger partial charge on any atom is 0.148 e. The average molecular weight is 541 g/mol. The molecule has 2 heterocycles. The highest BCUT2D eigenvalue weighted by atomic mass is 32.2. The Labute approximate surface area is 230 Å². The van der Waals surface area contributed by atoms with Crippen LogP contribution in [0.5, 0.6) is 5.75 Å². The third-order valence-electron chi connectivity index (χ3n) is 6.35. The second kappa shape index (κ2) is 12.1. The minimum atomic E-state index is -2.96. The summed E-state index contributed by atoms with van der Waals surface area (Å²) in [6.45, 7) is 1.60. The van der Waals surface area contributed by atoms with Crippen molar-refractivity contribution in [3.63, 3.8) is 0 Å². The number of rotatable bonds is 11. The number of nitrogens with one attached hydrogen (secondary N) is 3. The van der Waals surface area contributed by atoms with E-state index in [0.29, 0.717) is 19.7 Å². The van der Waals surface area contributed by atoms with Gasteiger partial charge in [0.1, 0.15) is 22.2 Å². The molecule has 0 bridgehead atoms.